The molecular formula is C10H19NO. The number of carbonyl (C=O) groups excluding carboxylic acids is 1. The quantitative estimate of drug-likeness (QED) is 0.687. The van der Waals surface area contributed by atoms with Crippen LogP contribution in [0.1, 0.15) is 40.5 Å². The van der Waals surface area contributed by atoms with Crippen molar-refractivity contribution < 1.29 is 4.79 Å². The number of hydrogen-bond donors (Lipinski definition) is 1. The van der Waals surface area contributed by atoms with Crippen LogP contribution in [0.5, 0.6) is 0 Å². The van der Waals surface area contributed by atoms with E-state index in [2.05, 4.69) is 26.1 Å². The second-order valence-electron chi connectivity index (χ2n) is 4.57. The van der Waals surface area contributed by atoms with Crippen LogP contribution in [0.3, 0.4) is 0 Å². The van der Waals surface area contributed by atoms with E-state index in [4.69, 9.17) is 0 Å². The molecule has 2 heteroatoms. The van der Waals surface area contributed by atoms with Crippen LogP contribution in [0.25, 0.3) is 0 Å². The largest absolute Gasteiger partial charge is 0.353 e. The molecule has 0 aromatic heterocycles. The molecule has 1 rings (SSSR count). The van der Waals surface area contributed by atoms with Crippen molar-refractivity contribution in [1.29, 1.82) is 0 Å². The number of hydrogen-bond acceptors (Lipinski definition) is 1. The monoisotopic (exact) mass is 169 g/mol. The first kappa shape index (κ1) is 9.56. The lowest BCUT2D eigenvalue weighted by atomic mass is 10.0. The maximum absolute atomic E-state index is 11.5. The predicted molar refractivity (Wildman–Crippen MR) is 49.8 cm³/mol. The molecule has 1 N–H and O–H groups in total. The summed E-state index contributed by atoms with van der Waals surface area (Å²) in [6.07, 6.45) is 2.12. The van der Waals surface area contributed by atoms with Crippen LogP contribution >= 0.6 is 0 Å². The minimum atomic E-state index is -0.0247. The molecule has 12 heavy (non-hydrogen) atoms. The molecule has 0 radical (unpaired) electrons. The highest BCUT2D eigenvalue weighted by molar-refractivity contribution is 5.84. The van der Waals surface area contributed by atoms with Crippen LogP contribution in [-0.2, 0) is 4.79 Å². The Labute approximate surface area is 74.7 Å². The van der Waals surface area contributed by atoms with E-state index in [0.29, 0.717) is 12.0 Å². The summed E-state index contributed by atoms with van der Waals surface area (Å²) in [4.78, 5) is 11.5. The highest BCUT2D eigenvalue weighted by Crippen LogP contribution is 2.45. The Balaban J connectivity index is 2.36. The van der Waals surface area contributed by atoms with Crippen molar-refractivity contribution in [1.82, 2.24) is 5.32 Å². The lowest BCUT2D eigenvalue weighted by Gasteiger charge is -2.19. The average molecular weight is 169 g/mol. The van der Waals surface area contributed by atoms with Crippen LogP contribution < -0.4 is 5.32 Å². The molecule has 1 amide bonds. The third kappa shape index (κ3) is 1.99. The van der Waals surface area contributed by atoms with Gasteiger partial charge in [-0.05, 0) is 25.7 Å². The zero-order valence-corrected chi connectivity index (χ0v) is 8.48. The molecule has 2 nitrogen and oxygen atoms in total. The van der Waals surface area contributed by atoms with Gasteiger partial charge in [-0.2, -0.15) is 0 Å². The van der Waals surface area contributed by atoms with Crippen molar-refractivity contribution in [2.75, 3.05) is 0 Å². The molecule has 1 saturated carbocycles. The van der Waals surface area contributed by atoms with Gasteiger partial charge in [-0.25, -0.2) is 0 Å². The van der Waals surface area contributed by atoms with Gasteiger partial charge in [0.05, 0.1) is 0 Å². The summed E-state index contributed by atoms with van der Waals surface area (Å²) in [5, 5.41) is 3.04. The van der Waals surface area contributed by atoms with Crippen molar-refractivity contribution >= 4 is 5.91 Å². The van der Waals surface area contributed by atoms with E-state index in [1.807, 2.05) is 6.92 Å². The molecule has 0 aromatic rings. The maximum Gasteiger partial charge on any atom is 0.226 e. The fourth-order valence-electron chi connectivity index (χ4n) is 0.962. The summed E-state index contributed by atoms with van der Waals surface area (Å²) in [5.74, 6) is 0.764. The summed E-state index contributed by atoms with van der Waals surface area (Å²) < 4.78 is 0. The summed E-state index contributed by atoms with van der Waals surface area (Å²) in [5.41, 5.74) is -0.0247. The highest BCUT2D eigenvalue weighted by Gasteiger charge is 2.45. The molecule has 0 saturated heterocycles. The number of carbonyl (C=O) groups is 1. The molecule has 0 bridgehead atoms. The summed E-state index contributed by atoms with van der Waals surface area (Å²) in [6, 6.07) is 0.301. The number of nitrogens with one attached hydrogen (secondary N) is 1. The molecule has 1 atom stereocenters. The Hall–Kier alpha value is -0.530. The van der Waals surface area contributed by atoms with E-state index in [1.54, 1.807) is 0 Å². The molecule has 0 unspecified atom stereocenters. The summed E-state index contributed by atoms with van der Waals surface area (Å²) >= 11 is 0. The second kappa shape index (κ2) is 3.08. The van der Waals surface area contributed by atoms with Crippen LogP contribution in [0.4, 0.5) is 0 Å². The topological polar surface area (TPSA) is 29.1 Å². The lowest BCUT2D eigenvalue weighted by molar-refractivity contribution is -0.126. The molecule has 1 aliphatic carbocycles. The third-order valence-corrected chi connectivity index (χ3v) is 2.91. The minimum absolute atomic E-state index is 0.0247. The van der Waals surface area contributed by atoms with Gasteiger partial charge in [0.1, 0.15) is 0 Å². The third-order valence-electron chi connectivity index (χ3n) is 2.91. The highest BCUT2D eigenvalue weighted by atomic mass is 16.2. The lowest BCUT2D eigenvalue weighted by Crippen LogP contribution is -2.39. The molecule has 0 heterocycles. The molecule has 1 aliphatic rings. The van der Waals surface area contributed by atoms with Crippen molar-refractivity contribution in [2.45, 2.75) is 46.6 Å². The van der Waals surface area contributed by atoms with E-state index < -0.39 is 0 Å². The molecule has 70 valence electrons. The Kier molecular flexibility index (Phi) is 2.45. The van der Waals surface area contributed by atoms with E-state index in [-0.39, 0.29) is 11.3 Å². The van der Waals surface area contributed by atoms with Crippen molar-refractivity contribution in [2.24, 2.45) is 11.3 Å². The average Bonchev–Trinajstić information content (AvgIpc) is 2.69. The second-order valence-corrected chi connectivity index (χ2v) is 4.57. The molecule has 0 aromatic carbocycles. The first-order chi connectivity index (χ1) is 5.46. The van der Waals surface area contributed by atoms with Gasteiger partial charge in [0.15, 0.2) is 0 Å². The van der Waals surface area contributed by atoms with Gasteiger partial charge in [-0.3, -0.25) is 4.79 Å². The van der Waals surface area contributed by atoms with Gasteiger partial charge < -0.3 is 5.32 Å². The molecular weight excluding hydrogens is 150 g/mol. The Morgan fingerprint density at radius 3 is 2.17 bits per heavy atom. The van der Waals surface area contributed by atoms with Crippen LogP contribution in [0.2, 0.25) is 0 Å². The van der Waals surface area contributed by atoms with Gasteiger partial charge in [0.25, 0.3) is 0 Å². The molecule has 0 spiro atoms. The Bertz CT molecular complexity index is 182. The van der Waals surface area contributed by atoms with Crippen molar-refractivity contribution in [3.8, 4) is 0 Å². The van der Waals surface area contributed by atoms with Crippen molar-refractivity contribution in [3.63, 3.8) is 0 Å². The fourth-order valence-corrected chi connectivity index (χ4v) is 0.962. The van der Waals surface area contributed by atoms with Gasteiger partial charge in [0.2, 0.25) is 5.91 Å². The first-order valence-corrected chi connectivity index (χ1v) is 4.77. The normalized spacial score (nSPS) is 22.1. The summed E-state index contributed by atoms with van der Waals surface area (Å²) in [7, 11) is 0. The smallest absolute Gasteiger partial charge is 0.226 e. The standard InChI is InChI=1S/C10H19NO/c1-7(2)8(3)11-9(12)10(4)5-6-10/h7-8H,5-6H2,1-4H3,(H,11,12)/t8-/m1/s1. The molecule has 0 aliphatic heterocycles. The number of rotatable bonds is 3. The Morgan fingerprint density at radius 2 is 1.83 bits per heavy atom. The van der Waals surface area contributed by atoms with E-state index in [9.17, 15) is 4.79 Å². The van der Waals surface area contributed by atoms with Crippen LogP contribution in [0.15, 0.2) is 0 Å². The van der Waals surface area contributed by atoms with E-state index in [1.165, 1.54) is 0 Å². The predicted octanol–water partition coefficient (Wildman–Crippen LogP) is 1.95. The zero-order chi connectivity index (χ0) is 9.35. The first-order valence-electron chi connectivity index (χ1n) is 4.77. The molecule has 1 fully saturated rings. The van der Waals surface area contributed by atoms with Crippen molar-refractivity contribution in [3.05, 3.63) is 0 Å². The summed E-state index contributed by atoms with van der Waals surface area (Å²) in [6.45, 7) is 8.35. The zero-order valence-electron chi connectivity index (χ0n) is 8.48. The number of amides is 1. The van der Waals surface area contributed by atoms with Gasteiger partial charge in [0, 0.05) is 11.5 Å². The SMILES string of the molecule is CC(C)[C@@H](C)NC(=O)C1(C)CC1. The van der Waals surface area contributed by atoms with Crippen LogP contribution in [-0.4, -0.2) is 11.9 Å². The fraction of sp³-hybridized carbons (Fsp3) is 0.900. The van der Waals surface area contributed by atoms with E-state index in [0.717, 1.165) is 12.8 Å². The van der Waals surface area contributed by atoms with Gasteiger partial charge in [-0.15, -0.1) is 0 Å². The van der Waals surface area contributed by atoms with Gasteiger partial charge >= 0.3 is 0 Å². The van der Waals surface area contributed by atoms with Gasteiger partial charge in [-0.1, -0.05) is 20.8 Å². The minimum Gasteiger partial charge on any atom is -0.353 e. The van der Waals surface area contributed by atoms with E-state index >= 15 is 0 Å². The maximum atomic E-state index is 11.5. The van der Waals surface area contributed by atoms with Crippen LogP contribution in [0, 0.1) is 11.3 Å². The Morgan fingerprint density at radius 1 is 1.33 bits per heavy atom.